The van der Waals surface area contributed by atoms with Gasteiger partial charge in [0.15, 0.2) is 0 Å². The van der Waals surface area contributed by atoms with Gasteiger partial charge in [-0.2, -0.15) is 13.7 Å². The summed E-state index contributed by atoms with van der Waals surface area (Å²) < 4.78 is 35.7. The van der Waals surface area contributed by atoms with Crippen molar-refractivity contribution in [3.63, 3.8) is 0 Å². The van der Waals surface area contributed by atoms with E-state index in [9.17, 15) is 13.5 Å². The molecule has 2 aromatic rings. The third-order valence-electron chi connectivity index (χ3n) is 3.84. The summed E-state index contributed by atoms with van der Waals surface area (Å²) >= 11 is 0. The van der Waals surface area contributed by atoms with E-state index in [1.807, 2.05) is 6.07 Å². The van der Waals surface area contributed by atoms with Gasteiger partial charge in [0.05, 0.1) is 11.2 Å². The highest BCUT2D eigenvalue weighted by molar-refractivity contribution is 7.87. The fourth-order valence-electron chi connectivity index (χ4n) is 2.30. The van der Waals surface area contributed by atoms with Crippen LogP contribution >= 0.6 is 0 Å². The van der Waals surface area contributed by atoms with Gasteiger partial charge in [-0.1, -0.05) is 12.1 Å². The van der Waals surface area contributed by atoms with Crippen molar-refractivity contribution in [2.75, 3.05) is 6.61 Å². The monoisotopic (exact) mass is 359 g/mol. The van der Waals surface area contributed by atoms with Gasteiger partial charge in [-0.3, -0.25) is 0 Å². The molecule has 1 saturated carbocycles. The van der Waals surface area contributed by atoms with E-state index in [1.165, 1.54) is 24.3 Å². The Hall–Kier alpha value is -2.56. The van der Waals surface area contributed by atoms with Crippen molar-refractivity contribution in [1.82, 2.24) is 0 Å². The second kappa shape index (κ2) is 6.39. The van der Waals surface area contributed by atoms with Crippen molar-refractivity contribution in [2.45, 2.75) is 30.3 Å². The molecule has 25 heavy (non-hydrogen) atoms. The summed E-state index contributed by atoms with van der Waals surface area (Å²) in [5.41, 5.74) is -0.00981. The van der Waals surface area contributed by atoms with E-state index < -0.39 is 15.7 Å². The Morgan fingerprint density at radius 1 is 1.20 bits per heavy atom. The van der Waals surface area contributed by atoms with Crippen LogP contribution in [0, 0.1) is 18.3 Å². The molecule has 0 amide bonds. The summed E-state index contributed by atoms with van der Waals surface area (Å²) in [7, 11) is -4.15. The number of nitriles is 1. The number of aryl methyl sites for hydroxylation is 1. The zero-order valence-corrected chi connectivity index (χ0v) is 14.4. The smallest absolute Gasteiger partial charge is 0.340 e. The molecule has 0 heterocycles. The number of ether oxygens (including phenoxy) is 1. The second-order valence-electron chi connectivity index (χ2n) is 6.14. The van der Waals surface area contributed by atoms with Gasteiger partial charge in [0.2, 0.25) is 0 Å². The van der Waals surface area contributed by atoms with Crippen molar-refractivity contribution in [3.05, 3.63) is 53.6 Å². The van der Waals surface area contributed by atoms with Gasteiger partial charge in [0, 0.05) is 6.07 Å². The molecule has 0 bridgehead atoms. The SMILES string of the molecule is Cc1cc(OCC2(O)CC2)cc(OS(=O)(=O)c2ccccc2C#N)c1. The lowest BCUT2D eigenvalue weighted by molar-refractivity contribution is 0.0855. The Morgan fingerprint density at radius 3 is 2.56 bits per heavy atom. The summed E-state index contributed by atoms with van der Waals surface area (Å²) in [6.07, 6.45) is 1.39. The summed E-state index contributed by atoms with van der Waals surface area (Å²) in [6, 6.07) is 12.4. The number of aliphatic hydroxyl groups is 1. The lowest BCUT2D eigenvalue weighted by Crippen LogP contribution is -2.18. The van der Waals surface area contributed by atoms with Crippen LogP contribution in [-0.4, -0.2) is 25.7 Å². The predicted molar refractivity (Wildman–Crippen MR) is 89.8 cm³/mol. The van der Waals surface area contributed by atoms with Crippen LogP contribution < -0.4 is 8.92 Å². The van der Waals surface area contributed by atoms with Gasteiger partial charge < -0.3 is 14.0 Å². The van der Waals surface area contributed by atoms with E-state index in [0.29, 0.717) is 18.6 Å². The first kappa shape index (κ1) is 17.3. The second-order valence-corrected chi connectivity index (χ2v) is 7.65. The van der Waals surface area contributed by atoms with E-state index >= 15 is 0 Å². The van der Waals surface area contributed by atoms with Gasteiger partial charge in [-0.25, -0.2) is 0 Å². The Balaban J connectivity index is 1.84. The van der Waals surface area contributed by atoms with Crippen LogP contribution in [0.4, 0.5) is 0 Å². The molecule has 0 aromatic heterocycles. The zero-order chi connectivity index (χ0) is 18.1. The lowest BCUT2D eigenvalue weighted by Gasteiger charge is -2.13. The average molecular weight is 359 g/mol. The first-order valence-corrected chi connectivity index (χ1v) is 9.13. The molecule has 1 aliphatic carbocycles. The van der Waals surface area contributed by atoms with E-state index in [0.717, 1.165) is 5.56 Å². The maximum atomic E-state index is 12.5. The molecule has 1 N–H and O–H groups in total. The number of nitrogens with zero attached hydrogens (tertiary/aromatic N) is 1. The molecule has 3 rings (SSSR count). The van der Waals surface area contributed by atoms with Crippen LogP contribution in [0.2, 0.25) is 0 Å². The molecule has 1 aliphatic rings. The summed E-state index contributed by atoms with van der Waals surface area (Å²) in [4.78, 5) is -0.186. The summed E-state index contributed by atoms with van der Waals surface area (Å²) in [5.74, 6) is 0.504. The molecular formula is C18H17NO5S. The van der Waals surface area contributed by atoms with E-state index in [4.69, 9.17) is 14.2 Å². The third-order valence-corrected chi connectivity index (χ3v) is 5.15. The van der Waals surface area contributed by atoms with E-state index in [2.05, 4.69) is 0 Å². The van der Waals surface area contributed by atoms with Crippen LogP contribution in [0.5, 0.6) is 11.5 Å². The molecule has 6 nitrogen and oxygen atoms in total. The van der Waals surface area contributed by atoms with Crippen molar-refractivity contribution < 1.29 is 22.4 Å². The third kappa shape index (κ3) is 4.10. The largest absolute Gasteiger partial charge is 0.490 e. The molecule has 0 spiro atoms. The molecule has 0 saturated heterocycles. The van der Waals surface area contributed by atoms with Gasteiger partial charge in [-0.15, -0.1) is 0 Å². The van der Waals surface area contributed by atoms with Crippen LogP contribution in [-0.2, 0) is 10.1 Å². The van der Waals surface area contributed by atoms with Gasteiger partial charge in [0.1, 0.15) is 29.1 Å². The fourth-order valence-corrected chi connectivity index (χ4v) is 3.37. The van der Waals surface area contributed by atoms with E-state index in [1.54, 1.807) is 25.1 Å². The molecule has 2 aromatic carbocycles. The van der Waals surface area contributed by atoms with Gasteiger partial charge in [0.25, 0.3) is 0 Å². The van der Waals surface area contributed by atoms with Crippen molar-refractivity contribution in [1.29, 1.82) is 5.26 Å². The number of benzene rings is 2. The Labute approximate surface area is 146 Å². The Bertz CT molecular complexity index is 942. The first-order valence-electron chi connectivity index (χ1n) is 7.72. The molecule has 1 fully saturated rings. The molecule has 0 unspecified atom stereocenters. The van der Waals surface area contributed by atoms with Crippen LogP contribution in [0.15, 0.2) is 47.4 Å². The highest BCUT2D eigenvalue weighted by Gasteiger charge is 2.41. The van der Waals surface area contributed by atoms with Gasteiger partial charge in [-0.05, 0) is 49.6 Å². The molecule has 0 radical (unpaired) electrons. The van der Waals surface area contributed by atoms with Crippen molar-refractivity contribution in [2.24, 2.45) is 0 Å². The lowest BCUT2D eigenvalue weighted by atomic mass is 10.2. The Morgan fingerprint density at radius 2 is 1.88 bits per heavy atom. The standard InChI is InChI=1S/C18H17NO5S/c1-13-8-15(23-12-18(20)6-7-18)10-16(9-13)24-25(21,22)17-5-3-2-4-14(17)11-19/h2-5,8-10,20H,6-7,12H2,1H3. The minimum Gasteiger partial charge on any atom is -0.490 e. The van der Waals surface area contributed by atoms with Gasteiger partial charge >= 0.3 is 10.1 Å². The summed E-state index contributed by atoms with van der Waals surface area (Å²) in [6.45, 7) is 1.93. The zero-order valence-electron chi connectivity index (χ0n) is 13.6. The summed E-state index contributed by atoms with van der Waals surface area (Å²) in [5, 5.41) is 18.9. The van der Waals surface area contributed by atoms with E-state index in [-0.39, 0.29) is 22.8 Å². The normalized spacial score (nSPS) is 15.2. The molecule has 130 valence electrons. The highest BCUT2D eigenvalue weighted by Crippen LogP contribution is 2.36. The van der Waals surface area contributed by atoms with Crippen LogP contribution in [0.1, 0.15) is 24.0 Å². The predicted octanol–water partition coefficient (Wildman–Crippen LogP) is 2.54. The topological polar surface area (TPSA) is 96.6 Å². The average Bonchev–Trinajstić information content (AvgIpc) is 3.30. The fraction of sp³-hybridized carbons (Fsp3) is 0.278. The first-order chi connectivity index (χ1) is 11.8. The highest BCUT2D eigenvalue weighted by atomic mass is 32.2. The molecular weight excluding hydrogens is 342 g/mol. The number of rotatable bonds is 6. The molecule has 7 heteroatoms. The minimum atomic E-state index is -4.15. The van der Waals surface area contributed by atoms with Crippen molar-refractivity contribution >= 4 is 10.1 Å². The maximum absolute atomic E-state index is 12.5. The van der Waals surface area contributed by atoms with Crippen LogP contribution in [0.3, 0.4) is 0 Å². The quantitative estimate of drug-likeness (QED) is 0.796. The molecule has 0 aliphatic heterocycles. The van der Waals surface area contributed by atoms with Crippen LogP contribution in [0.25, 0.3) is 0 Å². The number of hydrogen-bond donors (Lipinski definition) is 1. The van der Waals surface area contributed by atoms with Crippen molar-refractivity contribution in [3.8, 4) is 17.6 Å². The molecule has 0 atom stereocenters. The number of hydrogen-bond acceptors (Lipinski definition) is 6. The minimum absolute atomic E-state index is 0.0163. The maximum Gasteiger partial charge on any atom is 0.340 e. The Kier molecular flexibility index (Phi) is 4.41.